The topological polar surface area (TPSA) is 93.1 Å². The maximum Gasteiger partial charge on any atom is 0.483 e. The molecule has 0 fully saturated rings. The molecule has 6 nitrogen and oxygen atoms in total. The zero-order valence-electron chi connectivity index (χ0n) is 6.09. The van der Waals surface area contributed by atoms with Gasteiger partial charge in [0, 0.05) is 5.57 Å². The molecular weight excluding hydrogens is 207 g/mol. The highest BCUT2D eigenvalue weighted by molar-refractivity contribution is 7.93. The Morgan fingerprint density at radius 3 is 2.42 bits per heavy atom. The van der Waals surface area contributed by atoms with Gasteiger partial charge in [-0.25, -0.2) is 9.36 Å². The lowest BCUT2D eigenvalue weighted by Gasteiger charge is -2.01. The molecule has 0 atom stereocenters. The van der Waals surface area contributed by atoms with E-state index in [0.29, 0.717) is 0 Å². The first-order valence-corrected chi connectivity index (χ1v) is 4.81. The van der Waals surface area contributed by atoms with E-state index < -0.39 is 13.8 Å². The average molecular weight is 214 g/mol. The summed E-state index contributed by atoms with van der Waals surface area (Å²) in [5.41, 5.74) is 0.108. The Morgan fingerprint density at radius 2 is 2.08 bits per heavy atom. The normalized spacial score (nSPS) is 10.9. The van der Waals surface area contributed by atoms with Crippen LogP contribution in [0.5, 0.6) is 0 Å². The highest BCUT2D eigenvalue weighted by Crippen LogP contribution is 2.41. The van der Waals surface area contributed by atoms with Gasteiger partial charge in [-0.15, -0.1) is 0 Å². The first kappa shape index (κ1) is 11.7. The van der Waals surface area contributed by atoms with E-state index in [1.54, 1.807) is 0 Å². The summed E-state index contributed by atoms with van der Waals surface area (Å²) in [5, 5.41) is 0. The molecule has 0 saturated heterocycles. The van der Waals surface area contributed by atoms with Crippen LogP contribution in [0.25, 0.3) is 0 Å². The van der Waals surface area contributed by atoms with E-state index in [9.17, 15) is 9.36 Å². The molecule has 0 heterocycles. The van der Waals surface area contributed by atoms with E-state index in [-0.39, 0.29) is 17.9 Å². The molecule has 70 valence electrons. The van der Waals surface area contributed by atoms with Crippen LogP contribution < -0.4 is 0 Å². The maximum absolute atomic E-state index is 10.6. The third kappa shape index (κ3) is 6.38. The van der Waals surface area contributed by atoms with Gasteiger partial charge in [0.05, 0.1) is 0 Å². The van der Waals surface area contributed by atoms with Crippen molar-refractivity contribution in [1.82, 2.24) is 0 Å². The molecule has 0 aromatic rings. The molecule has 0 bridgehead atoms. The third-order valence-corrected chi connectivity index (χ3v) is 1.83. The number of carbonyl (C=O) groups is 1. The summed E-state index contributed by atoms with van der Waals surface area (Å²) in [6.45, 7) is 4.62. The fourth-order valence-electron chi connectivity index (χ4n) is 0.157. The van der Waals surface area contributed by atoms with Crippen LogP contribution in [0.15, 0.2) is 12.2 Å². The molecule has 0 aromatic carbocycles. The zero-order chi connectivity index (χ0) is 9.78. The zero-order valence-corrected chi connectivity index (χ0v) is 7.80. The Balaban J connectivity index is 3.65. The molecular formula is C4H7O6PS. The number of hydrogen-bond donors (Lipinski definition) is 2. The summed E-state index contributed by atoms with van der Waals surface area (Å²) < 4.78 is 17.9. The van der Waals surface area contributed by atoms with Crippen LogP contribution in [-0.4, -0.2) is 15.8 Å². The van der Waals surface area contributed by atoms with E-state index >= 15 is 0 Å². The number of rotatable bonds is 4. The molecule has 12 heavy (non-hydrogen) atoms. The lowest BCUT2D eigenvalue weighted by Crippen LogP contribution is -1.98. The van der Waals surface area contributed by atoms with Crippen LogP contribution in [0.3, 0.4) is 0 Å². The van der Waals surface area contributed by atoms with Gasteiger partial charge in [-0.1, -0.05) is 6.58 Å². The minimum atomic E-state index is -4.60. The van der Waals surface area contributed by atoms with Crippen molar-refractivity contribution >= 4 is 26.1 Å². The molecule has 0 amide bonds. The smallest absolute Gasteiger partial charge is 0.360 e. The van der Waals surface area contributed by atoms with Crippen molar-refractivity contribution in [3.05, 3.63) is 12.2 Å². The van der Waals surface area contributed by atoms with Crippen molar-refractivity contribution in [3.8, 4) is 0 Å². The second-order valence-corrected chi connectivity index (χ2v) is 3.66. The molecule has 8 heteroatoms. The largest absolute Gasteiger partial charge is 0.483 e. The third-order valence-electron chi connectivity index (χ3n) is 0.586. The molecule has 0 spiro atoms. The number of hydrogen-bond acceptors (Lipinski definition) is 5. The number of phosphoric acid groups is 1. The summed E-state index contributed by atoms with van der Waals surface area (Å²) in [5.74, 6) is -0.798. The fraction of sp³-hybridized carbons (Fsp3) is 0.250. The molecule has 2 N–H and O–H groups in total. The Morgan fingerprint density at radius 1 is 1.58 bits per heavy atom. The van der Waals surface area contributed by atoms with Gasteiger partial charge in [0.15, 0.2) is 0 Å². The van der Waals surface area contributed by atoms with Gasteiger partial charge in [0.25, 0.3) is 0 Å². The van der Waals surface area contributed by atoms with Crippen LogP contribution in [0.1, 0.15) is 6.92 Å². The Hall–Kier alpha value is -0.330. The average Bonchev–Trinajstić information content (AvgIpc) is 1.84. The SMILES string of the molecule is C=C(C)C(=O)OSOP(=O)(O)O. The van der Waals surface area contributed by atoms with Crippen molar-refractivity contribution in [2.24, 2.45) is 0 Å². The predicted octanol–water partition coefficient (Wildman–Crippen LogP) is 0.778. The minimum absolute atomic E-state index is 0.0769. The molecule has 0 unspecified atom stereocenters. The van der Waals surface area contributed by atoms with Crippen LogP contribution in [-0.2, 0) is 17.5 Å². The van der Waals surface area contributed by atoms with E-state index in [4.69, 9.17) is 9.79 Å². The van der Waals surface area contributed by atoms with Crippen LogP contribution >= 0.6 is 20.1 Å². The summed E-state index contributed by atoms with van der Waals surface area (Å²) in [6, 6.07) is 0. The summed E-state index contributed by atoms with van der Waals surface area (Å²) in [6.07, 6.45) is 0. The molecule has 0 saturated carbocycles. The van der Waals surface area contributed by atoms with Crippen molar-refractivity contribution in [3.63, 3.8) is 0 Å². The molecule has 0 radical (unpaired) electrons. The quantitative estimate of drug-likeness (QED) is 0.405. The van der Waals surface area contributed by atoms with E-state index in [2.05, 4.69) is 14.7 Å². The fourth-order valence-corrected chi connectivity index (χ4v) is 0.800. The van der Waals surface area contributed by atoms with Crippen LogP contribution in [0.4, 0.5) is 0 Å². The van der Waals surface area contributed by atoms with Crippen LogP contribution in [0, 0.1) is 0 Å². The lowest BCUT2D eigenvalue weighted by atomic mass is 10.4. The highest BCUT2D eigenvalue weighted by Gasteiger charge is 2.17. The van der Waals surface area contributed by atoms with Crippen molar-refractivity contribution in [2.75, 3.05) is 0 Å². The first-order chi connectivity index (χ1) is 5.33. The Kier molecular flexibility index (Phi) is 4.51. The van der Waals surface area contributed by atoms with Crippen molar-refractivity contribution in [2.45, 2.75) is 6.92 Å². The van der Waals surface area contributed by atoms with Crippen molar-refractivity contribution < 1.29 is 27.3 Å². The second kappa shape index (κ2) is 4.64. The first-order valence-electron chi connectivity index (χ1n) is 2.61. The standard InChI is InChI=1S/C4H7O6PS/c1-3(2)4(5)9-12-10-11(6,7)8/h1H2,2H3,(H2,6,7,8). The van der Waals surface area contributed by atoms with E-state index in [1.807, 2.05) is 0 Å². The van der Waals surface area contributed by atoms with Gasteiger partial charge in [-0.2, -0.15) is 3.97 Å². The number of carbonyl (C=O) groups excluding carboxylic acids is 1. The Bertz CT molecular complexity index is 232. The van der Waals surface area contributed by atoms with Gasteiger partial charge in [0.1, 0.15) is 0 Å². The Labute approximate surface area is 73.2 Å². The van der Waals surface area contributed by atoms with Crippen LogP contribution in [0.2, 0.25) is 0 Å². The van der Waals surface area contributed by atoms with Gasteiger partial charge < -0.3 is 14.0 Å². The highest BCUT2D eigenvalue weighted by atomic mass is 32.2. The van der Waals surface area contributed by atoms with Gasteiger partial charge in [-0.3, -0.25) is 0 Å². The molecule has 0 aliphatic heterocycles. The summed E-state index contributed by atoms with van der Waals surface area (Å²) >= 11 is -0.0769. The van der Waals surface area contributed by atoms with E-state index in [0.717, 1.165) is 0 Å². The maximum atomic E-state index is 10.6. The summed E-state index contributed by atoms with van der Waals surface area (Å²) in [4.78, 5) is 26.8. The minimum Gasteiger partial charge on any atom is -0.360 e. The van der Waals surface area contributed by atoms with Gasteiger partial charge in [-0.05, 0) is 6.92 Å². The van der Waals surface area contributed by atoms with Gasteiger partial charge >= 0.3 is 13.8 Å². The summed E-state index contributed by atoms with van der Waals surface area (Å²) in [7, 11) is -4.60. The second-order valence-electron chi connectivity index (χ2n) is 1.78. The predicted molar refractivity (Wildman–Crippen MR) is 41.6 cm³/mol. The molecule has 0 aliphatic carbocycles. The monoisotopic (exact) mass is 214 g/mol. The molecule has 0 aromatic heterocycles. The molecule has 0 aliphatic rings. The van der Waals surface area contributed by atoms with Gasteiger partial charge in [0.2, 0.25) is 12.3 Å². The molecule has 0 rings (SSSR count). The lowest BCUT2D eigenvalue weighted by molar-refractivity contribution is -0.129. The van der Waals surface area contributed by atoms with E-state index in [1.165, 1.54) is 6.92 Å². The van der Waals surface area contributed by atoms with Crippen molar-refractivity contribution in [1.29, 1.82) is 0 Å².